The molecule has 0 heterocycles. The summed E-state index contributed by atoms with van der Waals surface area (Å²) in [6.07, 6.45) is 0. The SMILES string of the molecule is Cc1cc(O)c(C)c(Cl)c1. The van der Waals surface area contributed by atoms with Crippen LogP contribution in [0.15, 0.2) is 12.1 Å². The smallest absolute Gasteiger partial charge is 0.120 e. The number of phenols is 1. The van der Waals surface area contributed by atoms with Crippen LogP contribution in [0.25, 0.3) is 0 Å². The molecular weight excluding hydrogens is 148 g/mol. The minimum absolute atomic E-state index is 0.269. The zero-order valence-electron chi connectivity index (χ0n) is 5.98. The molecule has 1 aromatic rings. The Balaban J connectivity index is 3.31. The topological polar surface area (TPSA) is 20.2 Å². The van der Waals surface area contributed by atoms with Crippen LogP contribution in [0.2, 0.25) is 5.02 Å². The highest BCUT2D eigenvalue weighted by molar-refractivity contribution is 6.31. The van der Waals surface area contributed by atoms with Crippen molar-refractivity contribution in [3.8, 4) is 5.75 Å². The van der Waals surface area contributed by atoms with Crippen LogP contribution in [-0.2, 0) is 0 Å². The molecule has 1 nitrogen and oxygen atoms in total. The highest BCUT2D eigenvalue weighted by Crippen LogP contribution is 2.25. The van der Waals surface area contributed by atoms with Crippen molar-refractivity contribution in [2.75, 3.05) is 0 Å². The van der Waals surface area contributed by atoms with Crippen molar-refractivity contribution in [1.82, 2.24) is 0 Å². The van der Waals surface area contributed by atoms with E-state index in [-0.39, 0.29) is 5.75 Å². The number of aryl methyl sites for hydroxylation is 1. The molecule has 0 saturated heterocycles. The zero-order valence-corrected chi connectivity index (χ0v) is 6.74. The molecule has 0 aliphatic heterocycles. The van der Waals surface area contributed by atoms with Gasteiger partial charge in [0.25, 0.3) is 0 Å². The molecule has 1 aromatic carbocycles. The first-order chi connectivity index (χ1) is 4.61. The first-order valence-corrected chi connectivity index (χ1v) is 3.45. The summed E-state index contributed by atoms with van der Waals surface area (Å²) in [6.45, 7) is 3.68. The van der Waals surface area contributed by atoms with E-state index in [9.17, 15) is 5.11 Å². The Morgan fingerprint density at radius 3 is 2.40 bits per heavy atom. The van der Waals surface area contributed by atoms with Gasteiger partial charge in [0.05, 0.1) is 0 Å². The number of halogens is 1. The average molecular weight is 157 g/mol. The largest absolute Gasteiger partial charge is 0.508 e. The molecule has 0 aliphatic rings. The first kappa shape index (κ1) is 7.42. The number of rotatable bonds is 0. The summed E-state index contributed by atoms with van der Waals surface area (Å²) >= 11 is 5.76. The van der Waals surface area contributed by atoms with Gasteiger partial charge in [-0.15, -0.1) is 0 Å². The van der Waals surface area contributed by atoms with E-state index in [0.717, 1.165) is 11.1 Å². The second-order valence-electron chi connectivity index (χ2n) is 2.39. The van der Waals surface area contributed by atoms with E-state index in [4.69, 9.17) is 11.6 Å². The van der Waals surface area contributed by atoms with Crippen molar-refractivity contribution in [2.45, 2.75) is 13.8 Å². The Morgan fingerprint density at radius 2 is 1.90 bits per heavy atom. The van der Waals surface area contributed by atoms with Gasteiger partial charge in [-0.1, -0.05) is 11.6 Å². The van der Waals surface area contributed by atoms with Gasteiger partial charge in [-0.05, 0) is 31.5 Å². The monoisotopic (exact) mass is 156 g/mol. The summed E-state index contributed by atoms with van der Waals surface area (Å²) < 4.78 is 0. The van der Waals surface area contributed by atoms with Crippen LogP contribution in [0.3, 0.4) is 0 Å². The fourth-order valence-electron chi connectivity index (χ4n) is 0.796. The number of hydrogen-bond donors (Lipinski definition) is 1. The first-order valence-electron chi connectivity index (χ1n) is 3.07. The van der Waals surface area contributed by atoms with Gasteiger partial charge in [0.1, 0.15) is 5.75 Å². The third-order valence-electron chi connectivity index (χ3n) is 1.46. The maximum atomic E-state index is 9.20. The Bertz CT molecular complexity index is 232. The molecular formula is C8H9ClO. The van der Waals surface area contributed by atoms with Crippen LogP contribution in [0.4, 0.5) is 0 Å². The molecule has 0 spiro atoms. The number of aromatic hydroxyl groups is 1. The highest BCUT2D eigenvalue weighted by Gasteiger charge is 2.00. The lowest BCUT2D eigenvalue weighted by Gasteiger charge is -2.01. The molecule has 0 amide bonds. The second kappa shape index (κ2) is 2.51. The summed E-state index contributed by atoms with van der Waals surface area (Å²) in [5.74, 6) is 0.269. The van der Waals surface area contributed by atoms with Crippen LogP contribution in [-0.4, -0.2) is 5.11 Å². The maximum absolute atomic E-state index is 9.20. The van der Waals surface area contributed by atoms with Crippen molar-refractivity contribution in [2.24, 2.45) is 0 Å². The standard InChI is InChI=1S/C8H9ClO/c1-5-3-7(9)6(2)8(10)4-5/h3-4,10H,1-2H3. The third-order valence-corrected chi connectivity index (χ3v) is 1.85. The summed E-state index contributed by atoms with van der Waals surface area (Å²) in [6, 6.07) is 3.53. The minimum atomic E-state index is 0.269. The van der Waals surface area contributed by atoms with Crippen LogP contribution in [0.5, 0.6) is 5.75 Å². The Kier molecular flexibility index (Phi) is 1.86. The fourth-order valence-corrected chi connectivity index (χ4v) is 1.06. The zero-order chi connectivity index (χ0) is 7.72. The van der Waals surface area contributed by atoms with E-state index in [1.54, 1.807) is 13.0 Å². The van der Waals surface area contributed by atoms with Gasteiger partial charge in [0, 0.05) is 10.6 Å². The molecule has 0 saturated carbocycles. The van der Waals surface area contributed by atoms with Gasteiger partial charge in [0.15, 0.2) is 0 Å². The molecule has 2 heteroatoms. The van der Waals surface area contributed by atoms with E-state index in [2.05, 4.69) is 0 Å². The Hall–Kier alpha value is -0.690. The average Bonchev–Trinajstić information content (AvgIpc) is 1.82. The Morgan fingerprint density at radius 1 is 1.30 bits per heavy atom. The van der Waals surface area contributed by atoms with E-state index >= 15 is 0 Å². The minimum Gasteiger partial charge on any atom is -0.508 e. The van der Waals surface area contributed by atoms with Gasteiger partial charge in [-0.3, -0.25) is 0 Å². The van der Waals surface area contributed by atoms with Crippen molar-refractivity contribution < 1.29 is 5.11 Å². The summed E-state index contributed by atoms with van der Waals surface area (Å²) in [5.41, 5.74) is 1.72. The Labute approximate surface area is 65.3 Å². The molecule has 0 bridgehead atoms. The summed E-state index contributed by atoms with van der Waals surface area (Å²) in [5, 5.41) is 9.82. The molecule has 0 radical (unpaired) electrons. The molecule has 1 N–H and O–H groups in total. The predicted octanol–water partition coefficient (Wildman–Crippen LogP) is 2.66. The maximum Gasteiger partial charge on any atom is 0.120 e. The van der Waals surface area contributed by atoms with Crippen LogP contribution < -0.4 is 0 Å². The lowest BCUT2D eigenvalue weighted by Crippen LogP contribution is -1.78. The molecule has 0 fully saturated rings. The molecule has 1 rings (SSSR count). The van der Waals surface area contributed by atoms with E-state index in [0.29, 0.717) is 5.02 Å². The molecule has 0 unspecified atom stereocenters. The lowest BCUT2D eigenvalue weighted by molar-refractivity contribution is 0.471. The fraction of sp³-hybridized carbons (Fsp3) is 0.250. The van der Waals surface area contributed by atoms with Crippen LogP contribution in [0, 0.1) is 13.8 Å². The predicted molar refractivity (Wildman–Crippen MR) is 42.6 cm³/mol. The number of benzene rings is 1. The summed E-state index contributed by atoms with van der Waals surface area (Å²) in [7, 11) is 0. The second-order valence-corrected chi connectivity index (χ2v) is 2.80. The van der Waals surface area contributed by atoms with E-state index < -0.39 is 0 Å². The van der Waals surface area contributed by atoms with Gasteiger partial charge < -0.3 is 5.11 Å². The van der Waals surface area contributed by atoms with Gasteiger partial charge in [-0.25, -0.2) is 0 Å². The third kappa shape index (κ3) is 1.24. The van der Waals surface area contributed by atoms with E-state index in [1.165, 1.54) is 0 Å². The highest BCUT2D eigenvalue weighted by atomic mass is 35.5. The van der Waals surface area contributed by atoms with E-state index in [1.807, 2.05) is 13.0 Å². The number of hydrogen-bond acceptors (Lipinski definition) is 1. The van der Waals surface area contributed by atoms with Crippen molar-refractivity contribution in [3.63, 3.8) is 0 Å². The molecule has 10 heavy (non-hydrogen) atoms. The van der Waals surface area contributed by atoms with Gasteiger partial charge >= 0.3 is 0 Å². The van der Waals surface area contributed by atoms with Crippen LogP contribution >= 0.6 is 11.6 Å². The van der Waals surface area contributed by atoms with Crippen molar-refractivity contribution in [3.05, 3.63) is 28.3 Å². The molecule has 0 aliphatic carbocycles. The normalized spacial score (nSPS) is 9.90. The van der Waals surface area contributed by atoms with Crippen LogP contribution in [0.1, 0.15) is 11.1 Å². The number of phenolic OH excluding ortho intramolecular Hbond substituents is 1. The van der Waals surface area contributed by atoms with Gasteiger partial charge in [-0.2, -0.15) is 0 Å². The summed E-state index contributed by atoms with van der Waals surface area (Å²) in [4.78, 5) is 0. The van der Waals surface area contributed by atoms with Gasteiger partial charge in [0.2, 0.25) is 0 Å². The molecule has 0 atom stereocenters. The molecule has 0 aromatic heterocycles. The van der Waals surface area contributed by atoms with Crippen molar-refractivity contribution in [1.29, 1.82) is 0 Å². The van der Waals surface area contributed by atoms with Crippen molar-refractivity contribution >= 4 is 11.6 Å². The molecule has 54 valence electrons. The lowest BCUT2D eigenvalue weighted by atomic mass is 10.1. The quantitative estimate of drug-likeness (QED) is 0.613.